The molecule has 0 aliphatic rings. The number of aryl methyl sites for hydroxylation is 1. The molecule has 0 spiro atoms. The highest BCUT2D eigenvalue weighted by atomic mass is 19.1. The van der Waals surface area contributed by atoms with Gasteiger partial charge in [-0.3, -0.25) is 4.79 Å². The Bertz CT molecular complexity index is 472. The highest BCUT2D eigenvalue weighted by Gasteiger charge is 2.22. The molecule has 0 aromatic heterocycles. The van der Waals surface area contributed by atoms with Gasteiger partial charge in [0, 0.05) is 18.3 Å². The van der Waals surface area contributed by atoms with Crippen LogP contribution in [0.5, 0.6) is 0 Å². The summed E-state index contributed by atoms with van der Waals surface area (Å²) in [5.74, 6) is -0.741. The minimum absolute atomic E-state index is 0.0421. The standard InChI is InChI=1S/C16H25FN2O/c1-5-6-7-8-19(11(2)3)16(20)14-10-13(18)9-12(4)15(14)17/h9-11H,5-8,18H2,1-4H3. The third-order valence-corrected chi connectivity index (χ3v) is 3.39. The highest BCUT2D eigenvalue weighted by Crippen LogP contribution is 2.20. The SMILES string of the molecule is CCCCCN(C(=O)c1cc(N)cc(C)c1F)C(C)C. The summed E-state index contributed by atoms with van der Waals surface area (Å²) in [6, 6.07) is 3.02. The summed E-state index contributed by atoms with van der Waals surface area (Å²) in [6.07, 6.45) is 3.09. The van der Waals surface area contributed by atoms with Crippen LogP contribution in [-0.2, 0) is 0 Å². The molecule has 0 aliphatic carbocycles. The van der Waals surface area contributed by atoms with E-state index in [2.05, 4.69) is 6.92 Å². The van der Waals surface area contributed by atoms with Crippen LogP contribution in [0, 0.1) is 12.7 Å². The molecular formula is C16H25FN2O. The van der Waals surface area contributed by atoms with Crippen LogP contribution in [0.4, 0.5) is 10.1 Å². The number of rotatable bonds is 6. The number of hydrogen-bond acceptors (Lipinski definition) is 2. The number of hydrogen-bond donors (Lipinski definition) is 1. The first-order valence-electron chi connectivity index (χ1n) is 7.25. The van der Waals surface area contributed by atoms with Crippen molar-refractivity contribution in [2.75, 3.05) is 12.3 Å². The summed E-state index contributed by atoms with van der Waals surface area (Å²) in [4.78, 5) is 14.3. The second-order valence-corrected chi connectivity index (χ2v) is 5.50. The lowest BCUT2D eigenvalue weighted by molar-refractivity contribution is 0.0697. The van der Waals surface area contributed by atoms with Gasteiger partial charge in [0.25, 0.3) is 5.91 Å². The van der Waals surface area contributed by atoms with Gasteiger partial charge in [-0.15, -0.1) is 0 Å². The average molecular weight is 280 g/mol. The third-order valence-electron chi connectivity index (χ3n) is 3.39. The predicted molar refractivity (Wildman–Crippen MR) is 81.2 cm³/mol. The van der Waals surface area contributed by atoms with Crippen molar-refractivity contribution >= 4 is 11.6 Å². The molecule has 2 N–H and O–H groups in total. The fraction of sp³-hybridized carbons (Fsp3) is 0.562. The number of carbonyl (C=O) groups is 1. The zero-order valence-electron chi connectivity index (χ0n) is 12.9. The maximum absolute atomic E-state index is 14.1. The number of unbranched alkanes of at least 4 members (excludes halogenated alkanes) is 2. The van der Waals surface area contributed by atoms with E-state index < -0.39 is 5.82 Å². The molecule has 0 radical (unpaired) electrons. The van der Waals surface area contributed by atoms with E-state index in [9.17, 15) is 9.18 Å². The Balaban J connectivity index is 3.00. The molecule has 0 atom stereocenters. The van der Waals surface area contributed by atoms with E-state index in [4.69, 9.17) is 5.73 Å². The number of anilines is 1. The van der Waals surface area contributed by atoms with E-state index in [-0.39, 0.29) is 17.5 Å². The monoisotopic (exact) mass is 280 g/mol. The molecule has 1 aromatic rings. The summed E-state index contributed by atoms with van der Waals surface area (Å²) in [7, 11) is 0. The largest absolute Gasteiger partial charge is 0.399 e. The van der Waals surface area contributed by atoms with Gasteiger partial charge in [0.2, 0.25) is 0 Å². The van der Waals surface area contributed by atoms with Gasteiger partial charge in [-0.05, 0) is 44.9 Å². The molecule has 0 bridgehead atoms. The van der Waals surface area contributed by atoms with Crippen LogP contribution in [0.1, 0.15) is 56.0 Å². The van der Waals surface area contributed by atoms with Gasteiger partial charge in [0.05, 0.1) is 5.56 Å². The molecule has 1 amide bonds. The summed E-state index contributed by atoms with van der Waals surface area (Å²) in [5.41, 5.74) is 6.63. The number of halogens is 1. The molecule has 20 heavy (non-hydrogen) atoms. The van der Waals surface area contributed by atoms with E-state index in [0.29, 0.717) is 17.8 Å². The zero-order valence-corrected chi connectivity index (χ0v) is 12.9. The van der Waals surface area contributed by atoms with Crippen LogP contribution in [0.2, 0.25) is 0 Å². The fourth-order valence-electron chi connectivity index (χ4n) is 2.23. The molecular weight excluding hydrogens is 255 g/mol. The number of nitrogens with two attached hydrogens (primary N) is 1. The minimum Gasteiger partial charge on any atom is -0.399 e. The quantitative estimate of drug-likeness (QED) is 0.637. The molecule has 4 heteroatoms. The molecule has 0 fully saturated rings. The molecule has 0 aliphatic heterocycles. The van der Waals surface area contributed by atoms with Crippen LogP contribution in [-0.4, -0.2) is 23.4 Å². The normalized spacial score (nSPS) is 10.9. The molecule has 112 valence electrons. The highest BCUT2D eigenvalue weighted by molar-refractivity contribution is 5.95. The van der Waals surface area contributed by atoms with Crippen LogP contribution in [0.15, 0.2) is 12.1 Å². The number of nitrogen functional groups attached to an aromatic ring is 1. The predicted octanol–water partition coefficient (Wildman–Crippen LogP) is 3.76. The van der Waals surface area contributed by atoms with Crippen molar-refractivity contribution in [3.05, 3.63) is 29.1 Å². The second kappa shape index (κ2) is 7.27. The lowest BCUT2D eigenvalue weighted by atomic mass is 10.1. The molecule has 1 aromatic carbocycles. The summed E-state index contributed by atoms with van der Waals surface area (Å²) < 4.78 is 14.1. The Kier molecular flexibility index (Phi) is 5.99. The topological polar surface area (TPSA) is 46.3 Å². The van der Waals surface area contributed by atoms with Crippen molar-refractivity contribution in [2.24, 2.45) is 0 Å². The van der Waals surface area contributed by atoms with E-state index in [0.717, 1.165) is 19.3 Å². The van der Waals surface area contributed by atoms with Crippen LogP contribution < -0.4 is 5.73 Å². The van der Waals surface area contributed by atoms with Crippen LogP contribution >= 0.6 is 0 Å². The van der Waals surface area contributed by atoms with Crippen molar-refractivity contribution < 1.29 is 9.18 Å². The first-order chi connectivity index (χ1) is 9.38. The van der Waals surface area contributed by atoms with Gasteiger partial charge < -0.3 is 10.6 Å². The summed E-state index contributed by atoms with van der Waals surface area (Å²) in [5, 5.41) is 0. The van der Waals surface area contributed by atoms with Gasteiger partial charge >= 0.3 is 0 Å². The van der Waals surface area contributed by atoms with E-state index in [1.165, 1.54) is 6.07 Å². The van der Waals surface area contributed by atoms with Gasteiger partial charge in [-0.25, -0.2) is 4.39 Å². The average Bonchev–Trinajstić information content (AvgIpc) is 2.37. The van der Waals surface area contributed by atoms with Crippen molar-refractivity contribution in [1.82, 2.24) is 4.90 Å². The molecule has 0 saturated carbocycles. The van der Waals surface area contributed by atoms with E-state index >= 15 is 0 Å². The lowest BCUT2D eigenvalue weighted by Gasteiger charge is -2.27. The van der Waals surface area contributed by atoms with E-state index in [1.54, 1.807) is 17.9 Å². The van der Waals surface area contributed by atoms with Gasteiger partial charge in [-0.2, -0.15) is 0 Å². The van der Waals surface area contributed by atoms with E-state index in [1.807, 2.05) is 13.8 Å². The summed E-state index contributed by atoms with van der Waals surface area (Å²) in [6.45, 7) is 8.28. The van der Waals surface area contributed by atoms with Crippen LogP contribution in [0.3, 0.4) is 0 Å². The number of nitrogens with zero attached hydrogens (tertiary/aromatic N) is 1. The smallest absolute Gasteiger partial charge is 0.257 e. The second-order valence-electron chi connectivity index (χ2n) is 5.50. The van der Waals surface area contributed by atoms with Crippen molar-refractivity contribution in [1.29, 1.82) is 0 Å². The molecule has 3 nitrogen and oxygen atoms in total. The Morgan fingerprint density at radius 2 is 2.00 bits per heavy atom. The summed E-state index contributed by atoms with van der Waals surface area (Å²) >= 11 is 0. The number of amides is 1. The number of carbonyl (C=O) groups excluding carboxylic acids is 1. The maximum Gasteiger partial charge on any atom is 0.257 e. The fourth-order valence-corrected chi connectivity index (χ4v) is 2.23. The Morgan fingerprint density at radius 3 is 2.55 bits per heavy atom. The zero-order chi connectivity index (χ0) is 15.3. The molecule has 0 saturated heterocycles. The Labute approximate surface area is 121 Å². The van der Waals surface area contributed by atoms with Crippen molar-refractivity contribution in [3.63, 3.8) is 0 Å². The van der Waals surface area contributed by atoms with Crippen LogP contribution in [0.25, 0.3) is 0 Å². The number of benzene rings is 1. The first kappa shape index (κ1) is 16.5. The first-order valence-corrected chi connectivity index (χ1v) is 7.25. The van der Waals surface area contributed by atoms with Crippen molar-refractivity contribution in [3.8, 4) is 0 Å². The minimum atomic E-state index is -0.467. The van der Waals surface area contributed by atoms with Gasteiger partial charge in [-0.1, -0.05) is 19.8 Å². The molecule has 0 unspecified atom stereocenters. The Hall–Kier alpha value is -1.58. The lowest BCUT2D eigenvalue weighted by Crippen LogP contribution is -2.38. The third kappa shape index (κ3) is 3.95. The van der Waals surface area contributed by atoms with Gasteiger partial charge in [0.15, 0.2) is 0 Å². The maximum atomic E-state index is 14.1. The Morgan fingerprint density at radius 1 is 1.35 bits per heavy atom. The molecule has 0 heterocycles. The molecule has 1 rings (SSSR count). The van der Waals surface area contributed by atoms with Gasteiger partial charge in [0.1, 0.15) is 5.82 Å². The van der Waals surface area contributed by atoms with Crippen molar-refractivity contribution in [2.45, 2.75) is 53.0 Å².